The summed E-state index contributed by atoms with van der Waals surface area (Å²) in [7, 11) is 0. The highest BCUT2D eigenvalue weighted by atomic mass is 16.3. The number of hydrogen-bond donors (Lipinski definition) is 3. The van der Waals surface area contributed by atoms with Gasteiger partial charge in [0.15, 0.2) is 5.69 Å². The number of rotatable bonds is 9. The van der Waals surface area contributed by atoms with Crippen LogP contribution in [0, 0.1) is 5.92 Å². The molecule has 0 bridgehead atoms. The Balaban J connectivity index is 2.52. The summed E-state index contributed by atoms with van der Waals surface area (Å²) >= 11 is 0. The minimum atomic E-state index is -0.780. The minimum absolute atomic E-state index is 0.174. The molecule has 1 rings (SSSR count). The van der Waals surface area contributed by atoms with Crippen molar-refractivity contribution in [1.29, 1.82) is 0 Å². The van der Waals surface area contributed by atoms with E-state index >= 15 is 0 Å². The molecule has 0 radical (unpaired) electrons. The van der Waals surface area contributed by atoms with Crippen LogP contribution < -0.4 is 11.1 Å². The lowest BCUT2D eigenvalue weighted by Gasteiger charge is -2.14. The fourth-order valence-corrected chi connectivity index (χ4v) is 2.02. The van der Waals surface area contributed by atoms with E-state index in [2.05, 4.69) is 24.1 Å². The largest absolute Gasteiger partial charge is 0.446 e. The van der Waals surface area contributed by atoms with Gasteiger partial charge >= 0.3 is 0 Å². The lowest BCUT2D eigenvalue weighted by Crippen LogP contribution is -2.29. The van der Waals surface area contributed by atoms with Gasteiger partial charge in [-0.25, -0.2) is 4.98 Å². The third kappa shape index (κ3) is 5.47. The van der Waals surface area contributed by atoms with Gasteiger partial charge in [-0.3, -0.25) is 4.79 Å². The molecule has 21 heavy (non-hydrogen) atoms. The van der Waals surface area contributed by atoms with E-state index in [1.54, 1.807) is 6.92 Å². The van der Waals surface area contributed by atoms with Crippen molar-refractivity contribution in [1.82, 2.24) is 10.3 Å². The number of unbranched alkanes of at least 4 members (excludes halogenated alkanes) is 1. The Bertz CT molecular complexity index is 432. The van der Waals surface area contributed by atoms with Crippen LogP contribution in [0.4, 0.5) is 0 Å². The van der Waals surface area contributed by atoms with Crippen molar-refractivity contribution in [2.75, 3.05) is 6.54 Å². The van der Waals surface area contributed by atoms with Crippen molar-refractivity contribution in [3.8, 4) is 0 Å². The zero-order valence-electron chi connectivity index (χ0n) is 13.1. The van der Waals surface area contributed by atoms with E-state index < -0.39 is 12.1 Å². The molecule has 6 nitrogen and oxygen atoms in total. The number of hydrogen-bond acceptors (Lipinski definition) is 5. The lowest BCUT2D eigenvalue weighted by atomic mass is 9.99. The van der Waals surface area contributed by atoms with Gasteiger partial charge in [-0.2, -0.15) is 0 Å². The number of aromatic nitrogens is 1. The predicted octanol–water partition coefficient (Wildman–Crippen LogP) is 2.00. The third-order valence-corrected chi connectivity index (χ3v) is 3.65. The van der Waals surface area contributed by atoms with Crippen molar-refractivity contribution < 1.29 is 14.3 Å². The molecule has 3 atom stereocenters. The standard InChI is InChI=1S/C15H27N3O3/c1-4-6-7-11(5-2)8-17-14(20)12-9-21-15(18-12)13(16)10(3)19/h9-11,13,19H,4-8,16H2,1-3H3,(H,17,20). The average molecular weight is 297 g/mol. The Labute approximate surface area is 126 Å². The number of oxazole rings is 1. The van der Waals surface area contributed by atoms with Crippen LogP contribution in [0.15, 0.2) is 10.7 Å². The first kappa shape index (κ1) is 17.7. The number of aliphatic hydroxyl groups is 1. The van der Waals surface area contributed by atoms with Gasteiger partial charge in [0.2, 0.25) is 5.89 Å². The smallest absolute Gasteiger partial charge is 0.273 e. The van der Waals surface area contributed by atoms with Crippen LogP contribution in [0.3, 0.4) is 0 Å². The molecular formula is C15H27N3O3. The molecule has 6 heteroatoms. The summed E-state index contributed by atoms with van der Waals surface area (Å²) in [5, 5.41) is 12.3. The Morgan fingerprint density at radius 3 is 2.81 bits per heavy atom. The van der Waals surface area contributed by atoms with Gasteiger partial charge in [0.1, 0.15) is 12.3 Å². The minimum Gasteiger partial charge on any atom is -0.446 e. The Kier molecular flexibility index (Phi) is 7.39. The Morgan fingerprint density at radius 1 is 1.52 bits per heavy atom. The first-order valence-electron chi connectivity index (χ1n) is 7.66. The van der Waals surface area contributed by atoms with Gasteiger partial charge in [0.05, 0.1) is 6.10 Å². The number of carbonyl (C=O) groups excluding carboxylic acids is 1. The Hall–Kier alpha value is -1.40. The summed E-state index contributed by atoms with van der Waals surface area (Å²) in [5.74, 6) is 0.394. The zero-order valence-corrected chi connectivity index (χ0v) is 13.1. The number of nitrogens with two attached hydrogens (primary N) is 1. The van der Waals surface area contributed by atoms with Gasteiger partial charge in [0.25, 0.3) is 5.91 Å². The van der Waals surface area contributed by atoms with Crippen molar-refractivity contribution in [2.45, 2.75) is 58.6 Å². The number of amides is 1. The van der Waals surface area contributed by atoms with Gasteiger partial charge in [-0.15, -0.1) is 0 Å². The fourth-order valence-electron chi connectivity index (χ4n) is 2.02. The van der Waals surface area contributed by atoms with E-state index in [1.807, 2.05) is 0 Å². The highest BCUT2D eigenvalue weighted by Crippen LogP contribution is 2.14. The van der Waals surface area contributed by atoms with Crippen LogP contribution in [0.2, 0.25) is 0 Å². The molecule has 1 aromatic heterocycles. The normalized spacial score (nSPS) is 15.5. The molecule has 4 N–H and O–H groups in total. The zero-order chi connectivity index (χ0) is 15.8. The third-order valence-electron chi connectivity index (χ3n) is 3.65. The summed E-state index contributed by atoms with van der Waals surface area (Å²) < 4.78 is 5.15. The molecule has 0 saturated heterocycles. The van der Waals surface area contributed by atoms with Gasteiger partial charge in [-0.05, 0) is 19.3 Å². The van der Waals surface area contributed by atoms with E-state index in [1.165, 1.54) is 12.7 Å². The molecule has 0 aliphatic rings. The van der Waals surface area contributed by atoms with Crippen LogP contribution in [0.25, 0.3) is 0 Å². The maximum atomic E-state index is 12.0. The molecule has 0 aliphatic heterocycles. The molecule has 0 aliphatic carbocycles. The molecule has 1 aromatic rings. The molecule has 3 unspecified atom stereocenters. The first-order valence-corrected chi connectivity index (χ1v) is 7.66. The first-order chi connectivity index (χ1) is 9.99. The van der Waals surface area contributed by atoms with Crippen molar-refractivity contribution in [2.24, 2.45) is 11.7 Å². The summed E-state index contributed by atoms with van der Waals surface area (Å²) in [6.07, 6.45) is 4.99. The quantitative estimate of drug-likeness (QED) is 0.647. The number of aliphatic hydroxyl groups excluding tert-OH is 1. The predicted molar refractivity (Wildman–Crippen MR) is 80.8 cm³/mol. The average Bonchev–Trinajstić information content (AvgIpc) is 2.96. The summed E-state index contributed by atoms with van der Waals surface area (Å²) in [6, 6.07) is -0.723. The highest BCUT2D eigenvalue weighted by molar-refractivity contribution is 5.91. The summed E-state index contributed by atoms with van der Waals surface area (Å²) in [6.45, 7) is 6.48. The van der Waals surface area contributed by atoms with Crippen LogP contribution >= 0.6 is 0 Å². The van der Waals surface area contributed by atoms with Crippen LogP contribution in [-0.2, 0) is 0 Å². The van der Waals surface area contributed by atoms with Crippen molar-refractivity contribution >= 4 is 5.91 Å². The number of nitrogens with zero attached hydrogens (tertiary/aromatic N) is 1. The van der Waals surface area contributed by atoms with E-state index in [4.69, 9.17) is 10.2 Å². The highest BCUT2D eigenvalue weighted by Gasteiger charge is 2.20. The maximum Gasteiger partial charge on any atom is 0.273 e. The van der Waals surface area contributed by atoms with Gasteiger partial charge < -0.3 is 20.6 Å². The van der Waals surface area contributed by atoms with Gasteiger partial charge in [0, 0.05) is 6.54 Å². The molecule has 120 valence electrons. The van der Waals surface area contributed by atoms with Crippen molar-refractivity contribution in [3.63, 3.8) is 0 Å². The molecule has 1 heterocycles. The number of nitrogens with one attached hydrogen (secondary N) is 1. The van der Waals surface area contributed by atoms with Gasteiger partial charge in [-0.1, -0.05) is 33.1 Å². The monoisotopic (exact) mass is 297 g/mol. The van der Waals surface area contributed by atoms with E-state index in [-0.39, 0.29) is 17.5 Å². The lowest BCUT2D eigenvalue weighted by molar-refractivity contribution is 0.0940. The SMILES string of the molecule is CCCCC(CC)CNC(=O)c1coc(C(N)C(C)O)n1. The molecule has 0 fully saturated rings. The maximum absolute atomic E-state index is 12.0. The van der Waals surface area contributed by atoms with E-state index in [0.29, 0.717) is 12.5 Å². The molecule has 0 saturated carbocycles. The molecule has 0 spiro atoms. The molecule has 1 amide bonds. The Morgan fingerprint density at radius 2 is 2.24 bits per heavy atom. The second kappa shape index (κ2) is 8.79. The second-order valence-electron chi connectivity index (χ2n) is 5.46. The topological polar surface area (TPSA) is 101 Å². The summed E-state index contributed by atoms with van der Waals surface area (Å²) in [4.78, 5) is 16.0. The fraction of sp³-hybridized carbons (Fsp3) is 0.733. The van der Waals surface area contributed by atoms with E-state index in [0.717, 1.165) is 19.3 Å². The molecular weight excluding hydrogens is 270 g/mol. The second-order valence-corrected chi connectivity index (χ2v) is 5.46. The molecule has 0 aromatic carbocycles. The van der Waals surface area contributed by atoms with Crippen molar-refractivity contribution in [3.05, 3.63) is 17.8 Å². The van der Waals surface area contributed by atoms with E-state index in [9.17, 15) is 9.90 Å². The van der Waals surface area contributed by atoms with Crippen LogP contribution in [0.1, 0.15) is 68.9 Å². The number of carbonyl (C=O) groups is 1. The van der Waals surface area contributed by atoms with Crippen LogP contribution in [0.5, 0.6) is 0 Å². The summed E-state index contributed by atoms with van der Waals surface area (Å²) in [5.41, 5.74) is 5.91. The van der Waals surface area contributed by atoms with Crippen LogP contribution in [-0.4, -0.2) is 28.6 Å².